The van der Waals surface area contributed by atoms with Crippen LogP contribution in [0.5, 0.6) is 0 Å². The Balaban J connectivity index is 0.00000256. The standard InChI is InChI=1S/C12H24N2O2.ClH/c1-10(9-16-2)13-7-4-8-14-12(15)11-5-3-6-11;/h10-11,13H,3-9H2,1-2H3,(H,14,15);1H. The van der Waals surface area contributed by atoms with E-state index in [0.717, 1.165) is 39.0 Å². The van der Waals surface area contributed by atoms with Crippen molar-refractivity contribution >= 4 is 18.3 Å². The molecule has 0 aromatic carbocycles. The van der Waals surface area contributed by atoms with Crippen molar-refractivity contribution in [2.45, 2.75) is 38.6 Å². The molecule has 1 aliphatic rings. The highest BCUT2D eigenvalue weighted by Crippen LogP contribution is 2.25. The SMILES string of the molecule is COCC(C)NCCCNC(=O)C1CCC1.Cl. The molecular weight excluding hydrogens is 240 g/mol. The van der Waals surface area contributed by atoms with Crippen LogP contribution in [0.15, 0.2) is 0 Å². The number of carbonyl (C=O) groups excluding carboxylic acids is 1. The molecular formula is C12H25ClN2O2. The fourth-order valence-electron chi connectivity index (χ4n) is 1.77. The molecule has 1 atom stereocenters. The van der Waals surface area contributed by atoms with Crippen LogP contribution in [0.1, 0.15) is 32.6 Å². The second-order valence-corrected chi connectivity index (χ2v) is 4.58. The summed E-state index contributed by atoms with van der Waals surface area (Å²) in [5.41, 5.74) is 0. The number of nitrogens with one attached hydrogen (secondary N) is 2. The summed E-state index contributed by atoms with van der Waals surface area (Å²) < 4.78 is 5.02. The molecule has 0 radical (unpaired) electrons. The zero-order valence-corrected chi connectivity index (χ0v) is 11.6. The fourth-order valence-corrected chi connectivity index (χ4v) is 1.77. The van der Waals surface area contributed by atoms with Gasteiger partial charge in [-0.15, -0.1) is 12.4 Å². The maximum atomic E-state index is 11.5. The maximum Gasteiger partial charge on any atom is 0.223 e. The molecule has 5 heteroatoms. The molecule has 0 spiro atoms. The van der Waals surface area contributed by atoms with Crippen LogP contribution in [0.25, 0.3) is 0 Å². The summed E-state index contributed by atoms with van der Waals surface area (Å²) in [6.07, 6.45) is 4.35. The first-order valence-corrected chi connectivity index (χ1v) is 6.24. The van der Waals surface area contributed by atoms with Crippen molar-refractivity contribution in [2.75, 3.05) is 26.8 Å². The summed E-state index contributed by atoms with van der Waals surface area (Å²) in [5, 5.41) is 6.32. The van der Waals surface area contributed by atoms with E-state index in [1.54, 1.807) is 7.11 Å². The van der Waals surface area contributed by atoms with Crippen LogP contribution < -0.4 is 10.6 Å². The van der Waals surface area contributed by atoms with Crippen LogP contribution in [-0.4, -0.2) is 38.8 Å². The Morgan fingerprint density at radius 2 is 2.12 bits per heavy atom. The van der Waals surface area contributed by atoms with Crippen molar-refractivity contribution in [1.29, 1.82) is 0 Å². The van der Waals surface area contributed by atoms with Gasteiger partial charge < -0.3 is 15.4 Å². The van der Waals surface area contributed by atoms with E-state index in [0.29, 0.717) is 12.0 Å². The summed E-state index contributed by atoms with van der Waals surface area (Å²) in [5.74, 6) is 0.552. The fraction of sp³-hybridized carbons (Fsp3) is 0.917. The van der Waals surface area contributed by atoms with Crippen molar-refractivity contribution in [3.8, 4) is 0 Å². The van der Waals surface area contributed by atoms with Crippen LogP contribution in [0.2, 0.25) is 0 Å². The van der Waals surface area contributed by atoms with Crippen LogP contribution in [0, 0.1) is 5.92 Å². The van der Waals surface area contributed by atoms with Crippen molar-refractivity contribution in [1.82, 2.24) is 10.6 Å². The molecule has 0 aromatic rings. The lowest BCUT2D eigenvalue weighted by Gasteiger charge is -2.24. The summed E-state index contributed by atoms with van der Waals surface area (Å²) >= 11 is 0. The predicted molar refractivity (Wildman–Crippen MR) is 71.6 cm³/mol. The van der Waals surface area contributed by atoms with Gasteiger partial charge in [0.2, 0.25) is 5.91 Å². The number of carbonyl (C=O) groups is 1. The summed E-state index contributed by atoms with van der Waals surface area (Å²) in [4.78, 5) is 11.5. The zero-order valence-electron chi connectivity index (χ0n) is 10.8. The Morgan fingerprint density at radius 1 is 1.41 bits per heavy atom. The molecule has 1 rings (SSSR count). The van der Waals surface area contributed by atoms with E-state index in [-0.39, 0.29) is 18.3 Å². The molecule has 0 heterocycles. The summed E-state index contributed by atoms with van der Waals surface area (Å²) in [6.45, 7) is 4.53. The van der Waals surface area contributed by atoms with Crippen molar-refractivity contribution in [2.24, 2.45) is 5.92 Å². The molecule has 0 saturated heterocycles. The first-order valence-electron chi connectivity index (χ1n) is 6.24. The van der Waals surface area contributed by atoms with Gasteiger partial charge in [0.05, 0.1) is 6.61 Å². The molecule has 0 aromatic heterocycles. The third-order valence-corrected chi connectivity index (χ3v) is 3.04. The number of amides is 1. The highest BCUT2D eigenvalue weighted by Gasteiger charge is 2.24. The first kappa shape index (κ1) is 16.7. The minimum Gasteiger partial charge on any atom is -0.383 e. The Morgan fingerprint density at radius 3 is 2.65 bits per heavy atom. The Bertz CT molecular complexity index is 211. The van der Waals surface area contributed by atoms with Gasteiger partial charge in [0, 0.05) is 25.6 Å². The molecule has 102 valence electrons. The third-order valence-electron chi connectivity index (χ3n) is 3.04. The van der Waals surface area contributed by atoms with E-state index in [1.807, 2.05) is 0 Å². The van der Waals surface area contributed by atoms with Gasteiger partial charge in [-0.3, -0.25) is 4.79 Å². The highest BCUT2D eigenvalue weighted by atomic mass is 35.5. The topological polar surface area (TPSA) is 50.4 Å². The minimum absolute atomic E-state index is 0. The number of ether oxygens (including phenoxy) is 1. The van der Waals surface area contributed by atoms with Gasteiger partial charge in [-0.2, -0.15) is 0 Å². The molecule has 1 fully saturated rings. The van der Waals surface area contributed by atoms with Gasteiger partial charge in [-0.05, 0) is 32.7 Å². The van der Waals surface area contributed by atoms with Crippen molar-refractivity contribution in [3.63, 3.8) is 0 Å². The third kappa shape index (κ3) is 6.86. The molecule has 1 unspecified atom stereocenters. The maximum absolute atomic E-state index is 11.5. The van der Waals surface area contributed by atoms with Gasteiger partial charge in [-0.1, -0.05) is 6.42 Å². The largest absolute Gasteiger partial charge is 0.383 e. The number of hydrogen-bond donors (Lipinski definition) is 2. The smallest absolute Gasteiger partial charge is 0.223 e. The number of methoxy groups -OCH3 is 1. The van der Waals surface area contributed by atoms with Crippen LogP contribution in [0.4, 0.5) is 0 Å². The minimum atomic E-state index is 0. The molecule has 1 saturated carbocycles. The van der Waals surface area contributed by atoms with E-state index in [2.05, 4.69) is 17.6 Å². The molecule has 0 bridgehead atoms. The number of halogens is 1. The number of hydrogen-bond acceptors (Lipinski definition) is 3. The first-order chi connectivity index (χ1) is 7.74. The van der Waals surface area contributed by atoms with E-state index in [4.69, 9.17) is 4.74 Å². The Labute approximate surface area is 110 Å². The van der Waals surface area contributed by atoms with Gasteiger partial charge in [0.25, 0.3) is 0 Å². The van der Waals surface area contributed by atoms with Crippen LogP contribution in [-0.2, 0) is 9.53 Å². The monoisotopic (exact) mass is 264 g/mol. The van der Waals surface area contributed by atoms with Crippen LogP contribution >= 0.6 is 12.4 Å². The lowest BCUT2D eigenvalue weighted by molar-refractivity contribution is -0.127. The lowest BCUT2D eigenvalue weighted by atomic mass is 9.85. The van der Waals surface area contributed by atoms with E-state index in [9.17, 15) is 4.79 Å². The molecule has 0 aliphatic heterocycles. The molecule has 1 aliphatic carbocycles. The highest BCUT2D eigenvalue weighted by molar-refractivity contribution is 5.85. The quantitative estimate of drug-likeness (QED) is 0.651. The predicted octanol–water partition coefficient (Wildman–Crippen LogP) is 1.34. The molecule has 4 nitrogen and oxygen atoms in total. The van der Waals surface area contributed by atoms with Gasteiger partial charge in [0.1, 0.15) is 0 Å². The van der Waals surface area contributed by atoms with Crippen LogP contribution in [0.3, 0.4) is 0 Å². The average molecular weight is 265 g/mol. The van der Waals surface area contributed by atoms with Crippen molar-refractivity contribution < 1.29 is 9.53 Å². The number of rotatable bonds is 8. The Kier molecular flexibility index (Phi) is 9.50. The summed E-state index contributed by atoms with van der Waals surface area (Å²) in [7, 11) is 1.71. The molecule has 2 N–H and O–H groups in total. The molecule has 1 amide bonds. The second kappa shape index (κ2) is 9.68. The Hall–Kier alpha value is -0.320. The normalized spacial score (nSPS) is 16.8. The molecule has 17 heavy (non-hydrogen) atoms. The summed E-state index contributed by atoms with van der Waals surface area (Å²) in [6, 6.07) is 0.382. The zero-order chi connectivity index (χ0) is 11.8. The van der Waals surface area contributed by atoms with Gasteiger partial charge in [-0.25, -0.2) is 0 Å². The second-order valence-electron chi connectivity index (χ2n) is 4.58. The van der Waals surface area contributed by atoms with Gasteiger partial charge >= 0.3 is 0 Å². The van der Waals surface area contributed by atoms with Gasteiger partial charge in [0.15, 0.2) is 0 Å². The van der Waals surface area contributed by atoms with E-state index in [1.165, 1.54) is 6.42 Å². The van der Waals surface area contributed by atoms with E-state index < -0.39 is 0 Å². The van der Waals surface area contributed by atoms with Crippen molar-refractivity contribution in [3.05, 3.63) is 0 Å². The average Bonchev–Trinajstić information content (AvgIpc) is 2.14. The van der Waals surface area contributed by atoms with E-state index >= 15 is 0 Å². The lowest BCUT2D eigenvalue weighted by Crippen LogP contribution is -2.37.